The molecule has 2 aromatic rings. The van der Waals surface area contributed by atoms with Gasteiger partial charge < -0.3 is 15.2 Å². The zero-order valence-corrected chi connectivity index (χ0v) is 13.8. The lowest BCUT2D eigenvalue weighted by Crippen LogP contribution is -2.44. The highest BCUT2D eigenvalue weighted by Gasteiger charge is 2.20. The number of rotatable bonds is 7. The summed E-state index contributed by atoms with van der Waals surface area (Å²) < 4.78 is 6.18. The monoisotopic (exact) mass is 377 g/mol. The smallest absolute Gasteiger partial charge is 0.326 e. The zero-order valence-electron chi connectivity index (χ0n) is 12.2. The Kier molecular flexibility index (Phi) is 6.17. The molecule has 0 aliphatic carbocycles. The molecule has 0 aromatic heterocycles. The number of carboxylic acid groups (broad SMARTS) is 1. The van der Waals surface area contributed by atoms with Gasteiger partial charge >= 0.3 is 5.97 Å². The lowest BCUT2D eigenvalue weighted by Gasteiger charge is -2.15. The molecule has 1 unspecified atom stereocenters. The molecule has 0 heterocycles. The Morgan fingerprint density at radius 1 is 1.13 bits per heavy atom. The van der Waals surface area contributed by atoms with E-state index in [1.165, 1.54) is 0 Å². The van der Waals surface area contributed by atoms with Crippen molar-refractivity contribution in [3.05, 3.63) is 64.6 Å². The van der Waals surface area contributed by atoms with Crippen molar-refractivity contribution in [1.82, 2.24) is 5.32 Å². The van der Waals surface area contributed by atoms with Crippen LogP contribution in [0.1, 0.15) is 5.56 Å². The Hall–Kier alpha value is -2.34. The molecule has 1 amide bonds. The summed E-state index contributed by atoms with van der Waals surface area (Å²) in [5.74, 6) is -1.03. The number of halogens is 1. The van der Waals surface area contributed by atoms with Crippen molar-refractivity contribution in [2.45, 2.75) is 12.5 Å². The summed E-state index contributed by atoms with van der Waals surface area (Å²) in [6.07, 6.45) is 0.221. The van der Waals surface area contributed by atoms with Crippen molar-refractivity contribution in [2.24, 2.45) is 0 Å². The van der Waals surface area contributed by atoms with Gasteiger partial charge in [-0.3, -0.25) is 4.79 Å². The normalized spacial score (nSPS) is 11.5. The highest BCUT2D eigenvalue weighted by molar-refractivity contribution is 9.10. The van der Waals surface area contributed by atoms with E-state index in [-0.39, 0.29) is 13.0 Å². The van der Waals surface area contributed by atoms with Crippen molar-refractivity contribution >= 4 is 27.8 Å². The van der Waals surface area contributed by atoms with Crippen LogP contribution < -0.4 is 10.1 Å². The van der Waals surface area contributed by atoms with E-state index in [4.69, 9.17) is 4.74 Å². The van der Waals surface area contributed by atoms with Crippen molar-refractivity contribution in [1.29, 1.82) is 0 Å². The molecule has 2 rings (SSSR count). The van der Waals surface area contributed by atoms with Crippen LogP contribution in [0.15, 0.2) is 59.1 Å². The molecule has 0 spiro atoms. The number of hydrogen-bond donors (Lipinski definition) is 2. The number of carboxylic acids is 1. The molecule has 120 valence electrons. The van der Waals surface area contributed by atoms with Crippen LogP contribution >= 0.6 is 15.9 Å². The van der Waals surface area contributed by atoms with Crippen molar-refractivity contribution in [3.8, 4) is 5.75 Å². The summed E-state index contributed by atoms with van der Waals surface area (Å²) in [6, 6.07) is 15.2. The number of nitrogens with one attached hydrogen (secondary N) is 1. The number of hydrogen-bond acceptors (Lipinski definition) is 3. The van der Waals surface area contributed by atoms with E-state index in [0.717, 1.165) is 10.0 Å². The lowest BCUT2D eigenvalue weighted by atomic mass is 10.1. The van der Waals surface area contributed by atoms with Gasteiger partial charge in [0.05, 0.1) is 0 Å². The van der Waals surface area contributed by atoms with Crippen molar-refractivity contribution in [3.63, 3.8) is 0 Å². The van der Waals surface area contributed by atoms with Crippen LogP contribution in [-0.4, -0.2) is 29.6 Å². The second kappa shape index (κ2) is 8.33. The Morgan fingerprint density at radius 3 is 2.52 bits per heavy atom. The molecular formula is C17H16BrNO4. The highest BCUT2D eigenvalue weighted by atomic mass is 79.9. The van der Waals surface area contributed by atoms with E-state index in [9.17, 15) is 14.7 Å². The van der Waals surface area contributed by atoms with Gasteiger partial charge in [-0.05, 0) is 23.8 Å². The largest absolute Gasteiger partial charge is 0.484 e. The molecule has 0 bridgehead atoms. The van der Waals surface area contributed by atoms with E-state index < -0.39 is 17.9 Å². The van der Waals surface area contributed by atoms with E-state index in [1.807, 2.05) is 36.4 Å². The standard InChI is InChI=1S/C17H16BrNO4/c18-13-7-4-8-14(10-13)23-11-16(20)19-15(17(21)22)9-12-5-2-1-3-6-12/h1-8,10,15H,9,11H2,(H,19,20)(H,21,22). The number of benzene rings is 2. The fourth-order valence-corrected chi connectivity index (χ4v) is 2.37. The lowest BCUT2D eigenvalue weighted by molar-refractivity contribution is -0.142. The first-order valence-corrected chi connectivity index (χ1v) is 7.78. The number of amides is 1. The van der Waals surface area contributed by atoms with Crippen LogP contribution in [0.3, 0.4) is 0 Å². The van der Waals surface area contributed by atoms with Crippen LogP contribution in [0.25, 0.3) is 0 Å². The third-order valence-corrected chi connectivity index (χ3v) is 3.58. The molecule has 0 saturated heterocycles. The van der Waals surface area contributed by atoms with Crippen molar-refractivity contribution < 1.29 is 19.4 Å². The molecule has 0 aliphatic rings. The zero-order chi connectivity index (χ0) is 16.7. The van der Waals surface area contributed by atoms with Crippen LogP contribution in [0, 0.1) is 0 Å². The minimum atomic E-state index is -1.08. The SMILES string of the molecule is O=C(COc1cccc(Br)c1)NC(Cc1ccccc1)C(=O)O. The fourth-order valence-electron chi connectivity index (χ4n) is 1.99. The predicted molar refractivity (Wildman–Crippen MR) is 89.3 cm³/mol. The maximum absolute atomic E-state index is 11.9. The molecular weight excluding hydrogens is 362 g/mol. The number of carbonyl (C=O) groups excluding carboxylic acids is 1. The first-order chi connectivity index (χ1) is 11.0. The van der Waals surface area contributed by atoms with Gasteiger partial charge in [-0.1, -0.05) is 52.3 Å². The third-order valence-electron chi connectivity index (χ3n) is 3.08. The van der Waals surface area contributed by atoms with Gasteiger partial charge in [0, 0.05) is 10.9 Å². The van der Waals surface area contributed by atoms with Crippen LogP contribution in [0.4, 0.5) is 0 Å². The summed E-state index contributed by atoms with van der Waals surface area (Å²) in [5, 5.41) is 11.7. The number of ether oxygens (including phenoxy) is 1. The second-order valence-corrected chi connectivity index (χ2v) is 5.81. The minimum absolute atomic E-state index is 0.221. The Bertz CT molecular complexity index is 675. The molecule has 0 saturated carbocycles. The van der Waals surface area contributed by atoms with E-state index in [0.29, 0.717) is 5.75 Å². The van der Waals surface area contributed by atoms with Gasteiger partial charge in [0.1, 0.15) is 11.8 Å². The van der Waals surface area contributed by atoms with Gasteiger partial charge in [0.15, 0.2) is 6.61 Å². The third kappa shape index (κ3) is 5.75. The van der Waals surface area contributed by atoms with Gasteiger partial charge in [-0.15, -0.1) is 0 Å². The quantitative estimate of drug-likeness (QED) is 0.777. The molecule has 0 aliphatic heterocycles. The Balaban J connectivity index is 1.89. The maximum atomic E-state index is 11.9. The summed E-state index contributed by atoms with van der Waals surface area (Å²) in [5.41, 5.74) is 0.841. The first-order valence-electron chi connectivity index (χ1n) is 6.99. The molecule has 1 atom stereocenters. The number of carbonyl (C=O) groups is 2. The fraction of sp³-hybridized carbons (Fsp3) is 0.176. The summed E-state index contributed by atoms with van der Waals surface area (Å²) in [7, 11) is 0. The maximum Gasteiger partial charge on any atom is 0.326 e. The second-order valence-electron chi connectivity index (χ2n) is 4.89. The molecule has 5 nitrogen and oxygen atoms in total. The molecule has 23 heavy (non-hydrogen) atoms. The molecule has 0 radical (unpaired) electrons. The number of aliphatic carboxylic acids is 1. The molecule has 2 N–H and O–H groups in total. The van der Waals surface area contributed by atoms with Gasteiger partial charge in [0.25, 0.3) is 5.91 Å². The van der Waals surface area contributed by atoms with E-state index in [1.54, 1.807) is 18.2 Å². The molecule has 0 fully saturated rings. The average Bonchev–Trinajstić information content (AvgIpc) is 2.53. The minimum Gasteiger partial charge on any atom is -0.484 e. The van der Waals surface area contributed by atoms with Gasteiger partial charge in [-0.2, -0.15) is 0 Å². The van der Waals surface area contributed by atoms with Gasteiger partial charge in [0.2, 0.25) is 0 Å². The summed E-state index contributed by atoms with van der Waals surface area (Å²) in [6.45, 7) is -0.241. The summed E-state index contributed by atoms with van der Waals surface area (Å²) in [4.78, 5) is 23.2. The topological polar surface area (TPSA) is 75.6 Å². The van der Waals surface area contributed by atoms with E-state index >= 15 is 0 Å². The Labute approximate surface area is 142 Å². The predicted octanol–water partition coefficient (Wildman–Crippen LogP) is 2.64. The van der Waals surface area contributed by atoms with E-state index in [2.05, 4.69) is 21.2 Å². The first kappa shape index (κ1) is 17.0. The average molecular weight is 378 g/mol. The van der Waals surface area contributed by atoms with Crippen molar-refractivity contribution in [2.75, 3.05) is 6.61 Å². The van der Waals surface area contributed by atoms with Crippen LogP contribution in [0.2, 0.25) is 0 Å². The Morgan fingerprint density at radius 2 is 1.87 bits per heavy atom. The highest BCUT2D eigenvalue weighted by Crippen LogP contribution is 2.17. The van der Waals surface area contributed by atoms with Gasteiger partial charge in [-0.25, -0.2) is 4.79 Å². The van der Waals surface area contributed by atoms with Crippen LogP contribution in [-0.2, 0) is 16.0 Å². The van der Waals surface area contributed by atoms with Crippen LogP contribution in [0.5, 0.6) is 5.75 Å². The summed E-state index contributed by atoms with van der Waals surface area (Å²) >= 11 is 3.31. The molecule has 6 heteroatoms. The molecule has 2 aromatic carbocycles.